The number of fused-ring (bicyclic) bond motifs is 1. The van der Waals surface area contributed by atoms with E-state index in [1.807, 2.05) is 0 Å². The maximum absolute atomic E-state index is 12.2. The molecule has 25 heavy (non-hydrogen) atoms. The molecule has 0 aromatic heterocycles. The zero-order valence-electron chi connectivity index (χ0n) is 13.4. The predicted octanol–water partition coefficient (Wildman–Crippen LogP) is -0.322. The van der Waals surface area contributed by atoms with Crippen LogP contribution in [0.25, 0.3) is 0 Å². The van der Waals surface area contributed by atoms with Crippen LogP contribution in [0.2, 0.25) is 0 Å². The molecule has 1 aromatic carbocycles. The molecule has 1 aromatic rings. The van der Waals surface area contributed by atoms with Gasteiger partial charge in [0.1, 0.15) is 6.04 Å². The van der Waals surface area contributed by atoms with E-state index in [1.54, 1.807) is 24.3 Å². The number of benzene rings is 1. The van der Waals surface area contributed by atoms with Gasteiger partial charge in [-0.05, 0) is 24.5 Å². The Morgan fingerprint density at radius 1 is 1.24 bits per heavy atom. The lowest BCUT2D eigenvalue weighted by Crippen LogP contribution is -2.45. The summed E-state index contributed by atoms with van der Waals surface area (Å²) in [6.07, 6.45) is 0.323. The highest BCUT2D eigenvalue weighted by Crippen LogP contribution is 2.19. The van der Waals surface area contributed by atoms with Crippen molar-refractivity contribution in [2.75, 3.05) is 23.4 Å². The van der Waals surface area contributed by atoms with Gasteiger partial charge in [0.25, 0.3) is 5.91 Å². The molecular weight excluding hydrogens is 346 g/mol. The van der Waals surface area contributed by atoms with E-state index in [4.69, 9.17) is 0 Å². The van der Waals surface area contributed by atoms with E-state index in [0.717, 1.165) is 0 Å². The van der Waals surface area contributed by atoms with Gasteiger partial charge >= 0.3 is 0 Å². The van der Waals surface area contributed by atoms with E-state index < -0.39 is 33.6 Å². The van der Waals surface area contributed by atoms with Gasteiger partial charge in [-0.1, -0.05) is 12.1 Å². The lowest BCUT2D eigenvalue weighted by molar-refractivity contribution is -0.125. The molecule has 0 spiro atoms. The summed E-state index contributed by atoms with van der Waals surface area (Å²) in [6, 6.07) is 5.62. The minimum Gasteiger partial charge on any atom is -0.356 e. The number of hydrogen-bond acceptors (Lipinski definition) is 5. The van der Waals surface area contributed by atoms with Crippen LogP contribution in [0, 0.1) is 5.92 Å². The number of rotatable bonds is 4. The summed E-state index contributed by atoms with van der Waals surface area (Å²) < 4.78 is 22.8. The molecule has 3 amide bonds. The van der Waals surface area contributed by atoms with Crippen molar-refractivity contribution in [2.45, 2.75) is 18.9 Å². The Balaban J connectivity index is 1.57. The van der Waals surface area contributed by atoms with Crippen molar-refractivity contribution in [3.8, 4) is 0 Å². The average Bonchev–Trinajstić information content (AvgIpc) is 2.86. The number of anilines is 1. The van der Waals surface area contributed by atoms with Gasteiger partial charge in [-0.25, -0.2) is 8.42 Å². The summed E-state index contributed by atoms with van der Waals surface area (Å²) >= 11 is 0. The second kappa shape index (κ2) is 6.83. The lowest BCUT2D eigenvalue weighted by Gasteiger charge is -2.15. The molecule has 2 heterocycles. The highest BCUT2D eigenvalue weighted by Gasteiger charge is 2.31. The number of amides is 3. The molecule has 2 aliphatic rings. The first-order chi connectivity index (χ1) is 11.8. The Labute approximate surface area is 145 Å². The van der Waals surface area contributed by atoms with Gasteiger partial charge in [-0.3, -0.25) is 14.4 Å². The van der Waals surface area contributed by atoms with E-state index in [2.05, 4.69) is 16.0 Å². The third kappa shape index (κ3) is 4.16. The van der Waals surface area contributed by atoms with Gasteiger partial charge in [0.2, 0.25) is 11.8 Å². The van der Waals surface area contributed by atoms with E-state index in [9.17, 15) is 22.8 Å². The SMILES string of the molecule is O=C(C[C@@H]1NC(=O)c2ccccc2NC1=O)NC[C@H]1CCS(=O)(=O)C1. The van der Waals surface area contributed by atoms with Crippen LogP contribution in [0.1, 0.15) is 23.2 Å². The third-order valence-electron chi connectivity index (χ3n) is 4.36. The van der Waals surface area contributed by atoms with Gasteiger partial charge in [-0.2, -0.15) is 0 Å². The van der Waals surface area contributed by atoms with Crippen LogP contribution in [0.15, 0.2) is 24.3 Å². The Hall–Kier alpha value is -2.42. The Kier molecular flexibility index (Phi) is 4.76. The monoisotopic (exact) mass is 365 g/mol. The smallest absolute Gasteiger partial charge is 0.254 e. The normalized spacial score (nSPS) is 24.6. The Bertz CT molecular complexity index is 821. The van der Waals surface area contributed by atoms with Crippen LogP contribution < -0.4 is 16.0 Å². The molecule has 0 aliphatic carbocycles. The predicted molar refractivity (Wildman–Crippen MR) is 90.7 cm³/mol. The van der Waals surface area contributed by atoms with Crippen molar-refractivity contribution in [3.63, 3.8) is 0 Å². The van der Waals surface area contributed by atoms with E-state index in [1.165, 1.54) is 0 Å². The quantitative estimate of drug-likeness (QED) is 0.675. The van der Waals surface area contributed by atoms with E-state index in [0.29, 0.717) is 17.7 Å². The molecule has 1 saturated heterocycles. The molecule has 0 radical (unpaired) electrons. The summed E-state index contributed by atoms with van der Waals surface area (Å²) in [5.74, 6) is -1.17. The largest absolute Gasteiger partial charge is 0.356 e. The first-order valence-electron chi connectivity index (χ1n) is 8.02. The number of para-hydroxylation sites is 1. The fraction of sp³-hybridized carbons (Fsp3) is 0.438. The number of carbonyl (C=O) groups is 3. The van der Waals surface area contributed by atoms with Gasteiger partial charge < -0.3 is 16.0 Å². The first kappa shape index (κ1) is 17.4. The third-order valence-corrected chi connectivity index (χ3v) is 6.19. The van der Waals surface area contributed by atoms with Crippen LogP contribution in [-0.2, 0) is 19.4 Å². The van der Waals surface area contributed by atoms with Crippen molar-refractivity contribution in [1.82, 2.24) is 10.6 Å². The van der Waals surface area contributed by atoms with Crippen molar-refractivity contribution in [2.24, 2.45) is 5.92 Å². The van der Waals surface area contributed by atoms with Gasteiger partial charge in [-0.15, -0.1) is 0 Å². The molecule has 3 rings (SSSR count). The summed E-state index contributed by atoms with van der Waals surface area (Å²) in [6.45, 7) is 0.251. The molecule has 8 nitrogen and oxygen atoms in total. The fourth-order valence-corrected chi connectivity index (χ4v) is 4.87. The zero-order chi connectivity index (χ0) is 18.0. The van der Waals surface area contributed by atoms with Gasteiger partial charge in [0, 0.05) is 6.54 Å². The Morgan fingerprint density at radius 2 is 2.00 bits per heavy atom. The van der Waals surface area contributed by atoms with Crippen LogP contribution in [0.5, 0.6) is 0 Å². The molecule has 3 N–H and O–H groups in total. The molecular formula is C16H19N3O5S. The maximum atomic E-state index is 12.2. The molecule has 0 unspecified atom stereocenters. The average molecular weight is 365 g/mol. The fourth-order valence-electron chi connectivity index (χ4n) is 3.00. The second-order valence-corrected chi connectivity index (χ2v) is 8.57. The van der Waals surface area contributed by atoms with Crippen LogP contribution >= 0.6 is 0 Å². The van der Waals surface area contributed by atoms with E-state index >= 15 is 0 Å². The van der Waals surface area contributed by atoms with Crippen molar-refractivity contribution >= 4 is 33.2 Å². The molecule has 0 bridgehead atoms. The topological polar surface area (TPSA) is 121 Å². The molecule has 2 aliphatic heterocycles. The molecule has 0 saturated carbocycles. The van der Waals surface area contributed by atoms with Crippen LogP contribution in [0.4, 0.5) is 5.69 Å². The van der Waals surface area contributed by atoms with Crippen LogP contribution in [-0.4, -0.2) is 50.2 Å². The molecule has 134 valence electrons. The number of carbonyl (C=O) groups excluding carboxylic acids is 3. The zero-order valence-corrected chi connectivity index (χ0v) is 14.3. The van der Waals surface area contributed by atoms with E-state index in [-0.39, 0.29) is 30.4 Å². The number of nitrogens with one attached hydrogen (secondary N) is 3. The second-order valence-electron chi connectivity index (χ2n) is 6.34. The van der Waals surface area contributed by atoms with Crippen molar-refractivity contribution in [3.05, 3.63) is 29.8 Å². The van der Waals surface area contributed by atoms with Crippen molar-refractivity contribution in [1.29, 1.82) is 0 Å². The Morgan fingerprint density at radius 3 is 2.72 bits per heavy atom. The maximum Gasteiger partial charge on any atom is 0.254 e. The minimum absolute atomic E-state index is 0.0727. The van der Waals surface area contributed by atoms with Gasteiger partial charge in [0.15, 0.2) is 9.84 Å². The van der Waals surface area contributed by atoms with Crippen LogP contribution in [0.3, 0.4) is 0 Å². The highest BCUT2D eigenvalue weighted by atomic mass is 32.2. The standard InChI is InChI=1S/C16H19N3O5S/c20-14(17-8-10-5-6-25(23,24)9-10)7-13-16(22)18-12-4-2-1-3-11(12)15(21)19-13/h1-4,10,13H,5-9H2,(H,17,20)(H,18,22)(H,19,21)/t10-,13+/m1/s1. The molecule has 2 atom stereocenters. The van der Waals surface area contributed by atoms with Gasteiger partial charge in [0.05, 0.1) is 29.2 Å². The highest BCUT2D eigenvalue weighted by molar-refractivity contribution is 7.91. The lowest BCUT2D eigenvalue weighted by atomic mass is 10.1. The number of hydrogen-bond donors (Lipinski definition) is 3. The summed E-state index contributed by atoms with van der Waals surface area (Å²) in [7, 11) is -2.99. The van der Waals surface area contributed by atoms with Crippen molar-refractivity contribution < 1.29 is 22.8 Å². The number of sulfone groups is 1. The summed E-state index contributed by atoms with van der Waals surface area (Å²) in [5, 5.41) is 7.84. The minimum atomic E-state index is -2.99. The first-order valence-corrected chi connectivity index (χ1v) is 9.84. The molecule has 9 heteroatoms. The summed E-state index contributed by atoms with van der Waals surface area (Å²) in [5.41, 5.74) is 0.749. The molecule has 1 fully saturated rings. The summed E-state index contributed by atoms with van der Waals surface area (Å²) in [4.78, 5) is 36.5.